The van der Waals surface area contributed by atoms with E-state index in [1.165, 1.54) is 10.8 Å². The molecule has 4 aromatic carbocycles. The number of nitrogens with zero attached hydrogens (tertiary/aromatic N) is 2. The van der Waals surface area contributed by atoms with Crippen molar-refractivity contribution < 1.29 is 29.9 Å². The summed E-state index contributed by atoms with van der Waals surface area (Å²) in [5.41, 5.74) is 5.68. The van der Waals surface area contributed by atoms with Crippen LogP contribution in [0.2, 0.25) is 0 Å². The van der Waals surface area contributed by atoms with Crippen molar-refractivity contribution in [2.24, 2.45) is 9.98 Å². The molecular weight excluding hydrogens is 491 g/mol. The molecule has 0 N–H and O–H groups in total. The van der Waals surface area contributed by atoms with E-state index in [9.17, 15) is 0 Å². The van der Waals surface area contributed by atoms with E-state index in [4.69, 9.17) is 19.5 Å². The van der Waals surface area contributed by atoms with Gasteiger partial charge in [-0.05, 0) is 53.9 Å². The first-order valence-electron chi connectivity index (χ1n) is 9.75. The zero-order chi connectivity index (χ0) is 20.5. The number of aliphatic imine (C=N–C) groups is 2. The molecule has 0 spiro atoms. The Bertz CT molecular complexity index is 1200. The van der Waals surface area contributed by atoms with Gasteiger partial charge in [0.25, 0.3) is 0 Å². The fourth-order valence-electron chi connectivity index (χ4n) is 3.79. The van der Waals surface area contributed by atoms with Gasteiger partial charge >= 0.3 is 0 Å². The van der Waals surface area contributed by atoms with Gasteiger partial charge in [0.2, 0.25) is 0 Å². The van der Waals surface area contributed by atoms with Gasteiger partial charge in [-0.2, -0.15) is 0 Å². The van der Waals surface area contributed by atoms with Crippen molar-refractivity contribution in [2.45, 2.75) is 0 Å². The van der Waals surface area contributed by atoms with Crippen LogP contribution in [0.4, 0.5) is 11.4 Å². The first-order chi connectivity index (χ1) is 14.8. The van der Waals surface area contributed by atoms with E-state index in [1.54, 1.807) is 14.2 Å². The molecular formula is C27H23N2O2Pd-. The Morgan fingerprint density at radius 3 is 1.34 bits per heavy atom. The molecule has 0 saturated carbocycles. The van der Waals surface area contributed by atoms with Crippen molar-refractivity contribution in [3.05, 3.63) is 103 Å². The molecule has 0 saturated heterocycles. The summed E-state index contributed by atoms with van der Waals surface area (Å²) >= 11 is 0. The summed E-state index contributed by atoms with van der Waals surface area (Å²) < 4.78 is 10.5. The van der Waals surface area contributed by atoms with Crippen molar-refractivity contribution in [1.29, 1.82) is 0 Å². The molecule has 4 nitrogen and oxygen atoms in total. The summed E-state index contributed by atoms with van der Waals surface area (Å²) in [6.45, 7) is 0. The minimum absolute atomic E-state index is 0. The van der Waals surface area contributed by atoms with E-state index in [-0.39, 0.29) is 27.8 Å². The van der Waals surface area contributed by atoms with Gasteiger partial charge in [-0.25, -0.2) is 9.98 Å². The number of benzene rings is 4. The second-order valence-electron chi connectivity index (χ2n) is 7.03. The Morgan fingerprint density at radius 2 is 0.969 bits per heavy atom. The molecule has 32 heavy (non-hydrogen) atoms. The normalized spacial score (nSPS) is 14.2. The number of rotatable bonds is 4. The third kappa shape index (κ3) is 4.23. The van der Waals surface area contributed by atoms with Gasteiger partial charge in [-0.3, -0.25) is 0 Å². The Balaban J connectivity index is 0.00000144. The Labute approximate surface area is 202 Å². The van der Waals surface area contributed by atoms with Gasteiger partial charge in [0.05, 0.1) is 37.0 Å². The fraction of sp³-hybridized carbons (Fsp3) is 0.0741. The molecule has 4 aromatic rings. The SMILES string of the molecule is COc1ccc(N=C2C(=Nc3ccc(OC)cc3)c3cccc4cccc2c34)cc1.[CH3-].[Pd]. The summed E-state index contributed by atoms with van der Waals surface area (Å²) in [4.78, 5) is 9.98. The van der Waals surface area contributed by atoms with Gasteiger partial charge in [-0.1, -0.05) is 36.4 Å². The van der Waals surface area contributed by atoms with Gasteiger partial charge in [0.1, 0.15) is 11.5 Å². The molecule has 0 aromatic heterocycles. The van der Waals surface area contributed by atoms with Crippen molar-refractivity contribution in [3.8, 4) is 11.5 Å². The summed E-state index contributed by atoms with van der Waals surface area (Å²) in [6.07, 6.45) is 0. The second-order valence-corrected chi connectivity index (χ2v) is 7.03. The molecule has 5 rings (SSSR count). The molecule has 164 valence electrons. The van der Waals surface area contributed by atoms with Crippen molar-refractivity contribution in [2.75, 3.05) is 14.2 Å². The Kier molecular flexibility index (Phi) is 7.25. The standard InChI is InChI=1S/C26H20N2O2.CH3.Pd/c1-29-20-13-9-18(10-14-20)27-25-22-7-3-5-17-6-4-8-23(24(17)22)26(25)28-19-11-15-21(30-2)16-12-19;;/h3-16H,1-2H3;1H3;/q;-1;. The molecule has 0 heterocycles. The number of methoxy groups -OCH3 is 2. The molecule has 0 atom stereocenters. The smallest absolute Gasteiger partial charge is 0.119 e. The van der Waals surface area contributed by atoms with Crippen molar-refractivity contribution in [1.82, 2.24) is 0 Å². The first kappa shape index (κ1) is 23.4. The predicted molar refractivity (Wildman–Crippen MR) is 129 cm³/mol. The monoisotopic (exact) mass is 513 g/mol. The van der Waals surface area contributed by atoms with E-state index < -0.39 is 0 Å². The Morgan fingerprint density at radius 1 is 0.562 bits per heavy atom. The van der Waals surface area contributed by atoms with Gasteiger partial charge < -0.3 is 16.9 Å². The summed E-state index contributed by atoms with van der Waals surface area (Å²) in [5, 5.41) is 2.38. The average Bonchev–Trinajstić information content (AvgIpc) is 3.09. The zero-order valence-electron chi connectivity index (χ0n) is 18.1. The number of hydrogen-bond donors (Lipinski definition) is 0. The summed E-state index contributed by atoms with van der Waals surface area (Å²) in [6, 6.07) is 28.1. The fourth-order valence-corrected chi connectivity index (χ4v) is 3.79. The predicted octanol–water partition coefficient (Wildman–Crippen LogP) is 6.56. The third-order valence-electron chi connectivity index (χ3n) is 5.27. The van der Waals surface area contributed by atoms with Gasteiger partial charge in [0.15, 0.2) is 0 Å². The topological polar surface area (TPSA) is 43.2 Å². The van der Waals surface area contributed by atoms with Crippen LogP contribution in [0.15, 0.2) is 94.9 Å². The largest absolute Gasteiger partial charge is 0.497 e. The summed E-state index contributed by atoms with van der Waals surface area (Å²) in [5.74, 6) is 1.62. The van der Waals surface area contributed by atoms with Gasteiger partial charge in [-0.15, -0.1) is 0 Å². The molecule has 0 aliphatic heterocycles. The molecule has 1 aliphatic carbocycles. The minimum Gasteiger partial charge on any atom is -0.497 e. The quantitative estimate of drug-likeness (QED) is 0.229. The minimum atomic E-state index is 0. The number of hydrogen-bond acceptors (Lipinski definition) is 4. The molecule has 0 fully saturated rings. The van der Waals surface area contributed by atoms with Crippen LogP contribution in [0, 0.1) is 7.43 Å². The molecule has 0 unspecified atom stereocenters. The molecule has 5 heteroatoms. The van der Waals surface area contributed by atoms with Crippen LogP contribution >= 0.6 is 0 Å². The summed E-state index contributed by atoms with van der Waals surface area (Å²) in [7, 11) is 3.32. The van der Waals surface area contributed by atoms with E-state index in [0.717, 1.165) is 45.4 Å². The molecule has 1 aliphatic rings. The van der Waals surface area contributed by atoms with Crippen LogP contribution < -0.4 is 9.47 Å². The van der Waals surface area contributed by atoms with Crippen LogP contribution in [0.5, 0.6) is 11.5 Å². The van der Waals surface area contributed by atoms with Crippen LogP contribution in [-0.4, -0.2) is 25.6 Å². The average molecular weight is 514 g/mol. The van der Waals surface area contributed by atoms with Crippen molar-refractivity contribution >= 4 is 33.6 Å². The van der Waals surface area contributed by atoms with E-state index in [2.05, 4.69) is 36.4 Å². The van der Waals surface area contributed by atoms with Crippen LogP contribution in [0.3, 0.4) is 0 Å². The maximum absolute atomic E-state index is 5.27. The maximum atomic E-state index is 5.27. The molecule has 0 amide bonds. The van der Waals surface area contributed by atoms with E-state index >= 15 is 0 Å². The van der Waals surface area contributed by atoms with Crippen LogP contribution in [0.25, 0.3) is 10.8 Å². The number of ether oxygens (including phenoxy) is 2. The van der Waals surface area contributed by atoms with E-state index in [1.807, 2.05) is 48.5 Å². The zero-order valence-corrected chi connectivity index (χ0v) is 19.7. The first-order valence-corrected chi connectivity index (χ1v) is 9.75. The van der Waals surface area contributed by atoms with Crippen molar-refractivity contribution in [3.63, 3.8) is 0 Å². The van der Waals surface area contributed by atoms with E-state index in [0.29, 0.717) is 0 Å². The van der Waals surface area contributed by atoms with Crippen LogP contribution in [0.1, 0.15) is 11.1 Å². The molecule has 0 radical (unpaired) electrons. The maximum Gasteiger partial charge on any atom is 0.119 e. The van der Waals surface area contributed by atoms with Gasteiger partial charge in [0, 0.05) is 36.9 Å². The second kappa shape index (κ2) is 9.91. The third-order valence-corrected chi connectivity index (χ3v) is 5.27. The van der Waals surface area contributed by atoms with Crippen LogP contribution in [-0.2, 0) is 20.4 Å². The Hall–Kier alpha value is -3.26. The molecule has 0 bridgehead atoms.